The lowest BCUT2D eigenvalue weighted by atomic mass is 10.1. The Morgan fingerprint density at radius 2 is 1.84 bits per heavy atom. The van der Waals surface area contributed by atoms with Gasteiger partial charge in [0.15, 0.2) is 0 Å². The molecule has 0 aliphatic carbocycles. The van der Waals surface area contributed by atoms with Crippen LogP contribution in [0.25, 0.3) is 0 Å². The lowest BCUT2D eigenvalue weighted by Crippen LogP contribution is -2.31. The zero-order chi connectivity index (χ0) is 21.8. The van der Waals surface area contributed by atoms with Crippen molar-refractivity contribution in [3.63, 3.8) is 0 Å². The van der Waals surface area contributed by atoms with Gasteiger partial charge in [0, 0.05) is 37.1 Å². The average molecular weight is 455 g/mol. The summed E-state index contributed by atoms with van der Waals surface area (Å²) in [5.41, 5.74) is 2.93. The second-order valence-electron chi connectivity index (χ2n) is 7.16. The summed E-state index contributed by atoms with van der Waals surface area (Å²) in [5, 5.41) is 3.68. The molecule has 0 unspecified atom stereocenters. The minimum Gasteiger partial charge on any atom is -0.336 e. The van der Waals surface area contributed by atoms with Crippen LogP contribution < -0.4 is 10.2 Å². The number of urea groups is 1. The van der Waals surface area contributed by atoms with Crippen molar-refractivity contribution in [1.29, 1.82) is 0 Å². The molecule has 4 rings (SSSR count). The van der Waals surface area contributed by atoms with Crippen molar-refractivity contribution in [2.24, 2.45) is 0 Å². The number of carbonyl (C=O) groups excluding carboxylic acids is 2. The molecule has 1 N–H and O–H groups in total. The molecule has 158 valence electrons. The number of pyridine rings is 1. The summed E-state index contributed by atoms with van der Waals surface area (Å²) in [5.74, 6) is -0.144. The summed E-state index contributed by atoms with van der Waals surface area (Å²) in [6.45, 7) is 1.91. The van der Waals surface area contributed by atoms with E-state index in [0.717, 1.165) is 16.9 Å². The van der Waals surface area contributed by atoms with Crippen LogP contribution in [0.3, 0.4) is 0 Å². The molecule has 0 radical (unpaired) electrons. The third-order valence-electron chi connectivity index (χ3n) is 5.01. The summed E-state index contributed by atoms with van der Waals surface area (Å²) in [7, 11) is 0. The van der Waals surface area contributed by atoms with Crippen molar-refractivity contribution in [3.8, 4) is 0 Å². The minimum atomic E-state index is -0.144. The third-order valence-corrected chi connectivity index (χ3v) is 5.75. The number of nitrogens with zero attached hydrogens (tertiary/aromatic N) is 3. The second-order valence-corrected chi connectivity index (χ2v) is 7.98. The van der Waals surface area contributed by atoms with Gasteiger partial charge in [-0.25, -0.2) is 4.79 Å². The average Bonchev–Trinajstić information content (AvgIpc) is 3.22. The normalized spacial score (nSPS) is 13.2. The Bertz CT molecular complexity index is 1090. The van der Waals surface area contributed by atoms with E-state index in [2.05, 4.69) is 10.3 Å². The van der Waals surface area contributed by atoms with Crippen molar-refractivity contribution in [3.05, 3.63) is 93.7 Å². The molecule has 0 atom stereocenters. The van der Waals surface area contributed by atoms with Crippen LogP contribution in [0.2, 0.25) is 10.0 Å². The van der Waals surface area contributed by atoms with Crippen LogP contribution in [0.15, 0.2) is 66.9 Å². The van der Waals surface area contributed by atoms with Crippen LogP contribution in [0.4, 0.5) is 10.5 Å². The highest BCUT2D eigenvalue weighted by Gasteiger charge is 2.22. The molecule has 0 spiro atoms. The highest BCUT2D eigenvalue weighted by Crippen LogP contribution is 2.24. The number of anilines is 1. The lowest BCUT2D eigenvalue weighted by Gasteiger charge is -2.23. The number of benzene rings is 2. The number of rotatable bonds is 6. The summed E-state index contributed by atoms with van der Waals surface area (Å²) in [4.78, 5) is 32.9. The smallest absolute Gasteiger partial charge is 0.321 e. The molecule has 1 fully saturated rings. The van der Waals surface area contributed by atoms with Crippen molar-refractivity contribution in [2.45, 2.75) is 13.1 Å². The molecular weight excluding hydrogens is 435 g/mol. The molecule has 8 heteroatoms. The van der Waals surface area contributed by atoms with Crippen LogP contribution in [0, 0.1) is 0 Å². The number of aromatic nitrogens is 1. The lowest BCUT2D eigenvalue weighted by molar-refractivity contribution is 0.0728. The Hall–Kier alpha value is -3.09. The standard InChI is InChI=1S/C23H20Cl2N4O2/c24-20-9-4-16(13-21(20)25)14-28(15-18-3-1-2-10-26-18)22(30)17-5-7-19(8-6-17)29-12-11-27-23(29)31/h1-10,13H,11-12,14-15H2,(H,27,31). The first-order chi connectivity index (χ1) is 15.0. The van der Waals surface area contributed by atoms with E-state index in [-0.39, 0.29) is 11.9 Å². The SMILES string of the molecule is O=C(c1ccc(N2CCNC2=O)cc1)N(Cc1ccc(Cl)c(Cl)c1)Cc1ccccn1. The monoisotopic (exact) mass is 454 g/mol. The van der Waals surface area contributed by atoms with E-state index >= 15 is 0 Å². The first kappa shape index (κ1) is 21.2. The Labute approximate surface area is 190 Å². The molecule has 31 heavy (non-hydrogen) atoms. The molecule has 0 bridgehead atoms. The molecule has 0 saturated carbocycles. The number of halogens is 2. The summed E-state index contributed by atoms with van der Waals surface area (Å²) < 4.78 is 0. The van der Waals surface area contributed by atoms with Crippen LogP contribution in [-0.4, -0.2) is 34.9 Å². The zero-order valence-corrected chi connectivity index (χ0v) is 18.1. The fourth-order valence-electron chi connectivity index (χ4n) is 3.43. The van der Waals surface area contributed by atoms with Crippen molar-refractivity contribution in [1.82, 2.24) is 15.2 Å². The fourth-order valence-corrected chi connectivity index (χ4v) is 3.75. The number of carbonyl (C=O) groups is 2. The molecule has 3 aromatic rings. The van der Waals surface area contributed by atoms with E-state index in [1.54, 1.807) is 52.4 Å². The summed E-state index contributed by atoms with van der Waals surface area (Å²) >= 11 is 12.2. The van der Waals surface area contributed by atoms with Gasteiger partial charge in [-0.1, -0.05) is 35.3 Å². The molecular formula is C23H20Cl2N4O2. The number of hydrogen-bond acceptors (Lipinski definition) is 3. The van der Waals surface area contributed by atoms with E-state index in [0.29, 0.717) is 41.8 Å². The maximum atomic E-state index is 13.3. The van der Waals surface area contributed by atoms with Gasteiger partial charge in [0.05, 0.1) is 22.3 Å². The maximum Gasteiger partial charge on any atom is 0.321 e. The van der Waals surface area contributed by atoms with Crippen LogP contribution in [0.5, 0.6) is 0 Å². The molecule has 1 aliphatic rings. The van der Waals surface area contributed by atoms with Crippen molar-refractivity contribution in [2.75, 3.05) is 18.0 Å². The molecule has 2 aromatic carbocycles. The van der Waals surface area contributed by atoms with Crippen LogP contribution in [-0.2, 0) is 13.1 Å². The molecule has 1 saturated heterocycles. The van der Waals surface area contributed by atoms with E-state index in [1.807, 2.05) is 24.3 Å². The van der Waals surface area contributed by atoms with Gasteiger partial charge in [-0.2, -0.15) is 0 Å². The number of hydrogen-bond donors (Lipinski definition) is 1. The van der Waals surface area contributed by atoms with Crippen LogP contribution in [0.1, 0.15) is 21.6 Å². The van der Waals surface area contributed by atoms with Gasteiger partial charge in [-0.15, -0.1) is 0 Å². The van der Waals surface area contributed by atoms with Crippen molar-refractivity contribution >= 4 is 40.8 Å². The Morgan fingerprint density at radius 3 is 2.48 bits per heavy atom. The Morgan fingerprint density at radius 1 is 1.03 bits per heavy atom. The van der Waals surface area contributed by atoms with Gasteiger partial charge in [0.25, 0.3) is 5.91 Å². The van der Waals surface area contributed by atoms with E-state index in [4.69, 9.17) is 23.2 Å². The van der Waals surface area contributed by atoms with Gasteiger partial charge in [-0.05, 0) is 54.1 Å². The van der Waals surface area contributed by atoms with Crippen molar-refractivity contribution < 1.29 is 9.59 Å². The fraction of sp³-hybridized carbons (Fsp3) is 0.174. The molecule has 2 heterocycles. The topological polar surface area (TPSA) is 65.5 Å². The summed E-state index contributed by atoms with van der Waals surface area (Å²) in [6.07, 6.45) is 1.70. The Balaban J connectivity index is 1.58. The quantitative estimate of drug-likeness (QED) is 0.583. The van der Waals surface area contributed by atoms with Gasteiger partial charge >= 0.3 is 6.03 Å². The van der Waals surface area contributed by atoms with E-state index in [9.17, 15) is 9.59 Å². The summed E-state index contributed by atoms with van der Waals surface area (Å²) in [6, 6.07) is 17.9. The predicted molar refractivity (Wildman–Crippen MR) is 121 cm³/mol. The zero-order valence-electron chi connectivity index (χ0n) is 16.6. The van der Waals surface area contributed by atoms with Crippen LogP contribution >= 0.6 is 23.2 Å². The molecule has 3 amide bonds. The first-order valence-corrected chi connectivity index (χ1v) is 10.6. The first-order valence-electron chi connectivity index (χ1n) is 9.80. The molecule has 1 aliphatic heterocycles. The largest absolute Gasteiger partial charge is 0.336 e. The molecule has 1 aromatic heterocycles. The number of nitrogens with one attached hydrogen (secondary N) is 1. The van der Waals surface area contributed by atoms with Gasteiger partial charge in [0.2, 0.25) is 0 Å². The highest BCUT2D eigenvalue weighted by atomic mass is 35.5. The highest BCUT2D eigenvalue weighted by molar-refractivity contribution is 6.42. The predicted octanol–water partition coefficient (Wildman–Crippen LogP) is 4.76. The molecule has 6 nitrogen and oxygen atoms in total. The van der Waals surface area contributed by atoms with E-state index in [1.165, 1.54) is 0 Å². The Kier molecular flexibility index (Phi) is 6.39. The maximum absolute atomic E-state index is 13.3. The number of amides is 3. The minimum absolute atomic E-state index is 0.129. The van der Waals surface area contributed by atoms with E-state index < -0.39 is 0 Å². The third kappa shape index (κ3) is 4.98. The van der Waals surface area contributed by atoms with Gasteiger partial charge in [0.1, 0.15) is 0 Å². The van der Waals surface area contributed by atoms with Gasteiger partial charge < -0.3 is 10.2 Å². The van der Waals surface area contributed by atoms with Gasteiger partial charge in [-0.3, -0.25) is 14.7 Å². The second kappa shape index (κ2) is 9.37.